The second-order valence-electron chi connectivity index (χ2n) is 6.32. The molecule has 2 N–H and O–H groups in total. The maximum atomic E-state index is 12.9. The second-order valence-corrected chi connectivity index (χ2v) is 8.25. The number of nitrogens with two attached hydrogens (primary N) is 1. The molecule has 0 amide bonds. The number of rotatable bonds is 7. The van der Waals surface area contributed by atoms with Gasteiger partial charge >= 0.3 is 0 Å². The summed E-state index contributed by atoms with van der Waals surface area (Å²) in [5.74, 6) is 0.615. The first-order chi connectivity index (χ1) is 12.5. The molecule has 1 aliphatic rings. The van der Waals surface area contributed by atoms with Crippen LogP contribution in [0.2, 0.25) is 0 Å². The van der Waals surface area contributed by atoms with Crippen molar-refractivity contribution in [3.63, 3.8) is 0 Å². The molecule has 3 rings (SSSR count). The van der Waals surface area contributed by atoms with Gasteiger partial charge in [0.15, 0.2) is 0 Å². The number of nitrogens with zero attached hydrogens (tertiary/aromatic N) is 1. The number of methoxy groups -OCH3 is 1. The molecule has 0 radical (unpaired) electrons. The molecule has 1 aliphatic heterocycles. The van der Waals surface area contributed by atoms with E-state index in [2.05, 4.69) is 0 Å². The van der Waals surface area contributed by atoms with Gasteiger partial charge in [-0.2, -0.15) is 4.31 Å². The van der Waals surface area contributed by atoms with Gasteiger partial charge in [-0.05, 0) is 29.8 Å². The summed E-state index contributed by atoms with van der Waals surface area (Å²) in [4.78, 5) is 0.248. The SMILES string of the molecule is COCCOc1ccc(S(=O)(=O)N2C[C@@H](N)[C@H](c3ccccc3)C2)cc1.Cl. The third-order valence-corrected chi connectivity index (χ3v) is 6.42. The molecule has 0 aromatic heterocycles. The highest BCUT2D eigenvalue weighted by Crippen LogP contribution is 2.30. The third-order valence-electron chi connectivity index (χ3n) is 4.58. The van der Waals surface area contributed by atoms with Gasteiger partial charge in [0.1, 0.15) is 12.4 Å². The van der Waals surface area contributed by atoms with Gasteiger partial charge in [-0.25, -0.2) is 8.42 Å². The summed E-state index contributed by atoms with van der Waals surface area (Å²) in [5, 5.41) is 0. The van der Waals surface area contributed by atoms with E-state index in [1.807, 2.05) is 30.3 Å². The van der Waals surface area contributed by atoms with E-state index in [1.54, 1.807) is 31.4 Å². The summed E-state index contributed by atoms with van der Waals surface area (Å²) in [6.07, 6.45) is 0. The highest BCUT2D eigenvalue weighted by atomic mass is 35.5. The van der Waals surface area contributed by atoms with Crippen molar-refractivity contribution in [2.75, 3.05) is 33.4 Å². The summed E-state index contributed by atoms with van der Waals surface area (Å²) in [5.41, 5.74) is 7.30. The molecule has 0 saturated carbocycles. The fourth-order valence-corrected chi connectivity index (χ4v) is 4.64. The Bertz CT molecular complexity index is 815. The largest absolute Gasteiger partial charge is 0.491 e. The summed E-state index contributed by atoms with van der Waals surface area (Å²) >= 11 is 0. The van der Waals surface area contributed by atoms with Gasteiger partial charge in [0.25, 0.3) is 0 Å². The highest BCUT2D eigenvalue weighted by molar-refractivity contribution is 7.89. The minimum absolute atomic E-state index is 0. The maximum Gasteiger partial charge on any atom is 0.243 e. The predicted molar refractivity (Wildman–Crippen MR) is 107 cm³/mol. The molecule has 0 spiro atoms. The zero-order valence-electron chi connectivity index (χ0n) is 15.2. The van der Waals surface area contributed by atoms with Gasteiger partial charge in [0.05, 0.1) is 11.5 Å². The van der Waals surface area contributed by atoms with Crippen molar-refractivity contribution in [3.05, 3.63) is 60.2 Å². The van der Waals surface area contributed by atoms with Gasteiger partial charge in [-0.3, -0.25) is 0 Å². The first-order valence-corrected chi connectivity index (χ1v) is 9.99. The normalized spacial score (nSPS) is 20.2. The van der Waals surface area contributed by atoms with Crippen LogP contribution in [0, 0.1) is 0 Å². The summed E-state index contributed by atoms with van der Waals surface area (Å²) < 4.78 is 37.7. The first-order valence-electron chi connectivity index (χ1n) is 8.55. The standard InChI is InChI=1S/C19H24N2O4S.ClH/c1-24-11-12-25-16-7-9-17(10-8-16)26(22,23)21-13-18(19(20)14-21)15-5-3-2-4-6-15;/h2-10,18-19H,11-14,20H2,1H3;1H/t18-,19+;/m0./s1. The molecule has 1 saturated heterocycles. The quantitative estimate of drug-likeness (QED) is 0.705. The van der Waals surface area contributed by atoms with Gasteiger partial charge in [0, 0.05) is 32.2 Å². The van der Waals surface area contributed by atoms with Crippen LogP contribution in [0.3, 0.4) is 0 Å². The molecule has 2 aromatic carbocycles. The average molecular weight is 413 g/mol. The van der Waals surface area contributed by atoms with Crippen molar-refractivity contribution >= 4 is 22.4 Å². The Morgan fingerprint density at radius 3 is 2.33 bits per heavy atom. The Balaban J connectivity index is 0.00000261. The first kappa shape index (κ1) is 21.7. The lowest BCUT2D eigenvalue weighted by molar-refractivity contribution is 0.146. The van der Waals surface area contributed by atoms with Crippen molar-refractivity contribution in [1.82, 2.24) is 4.31 Å². The van der Waals surface area contributed by atoms with Gasteiger partial charge in [0.2, 0.25) is 10.0 Å². The van der Waals surface area contributed by atoms with Crippen molar-refractivity contribution in [3.8, 4) is 5.75 Å². The van der Waals surface area contributed by atoms with E-state index in [0.717, 1.165) is 5.56 Å². The number of ether oxygens (including phenoxy) is 2. The summed E-state index contributed by atoms with van der Waals surface area (Å²) in [6, 6.07) is 16.1. The molecule has 0 unspecified atom stereocenters. The van der Waals surface area contributed by atoms with Crippen LogP contribution in [0.25, 0.3) is 0 Å². The number of sulfonamides is 1. The number of benzene rings is 2. The molecule has 1 fully saturated rings. The fraction of sp³-hybridized carbons (Fsp3) is 0.368. The smallest absolute Gasteiger partial charge is 0.243 e. The molecule has 1 heterocycles. The fourth-order valence-electron chi connectivity index (χ4n) is 3.14. The summed E-state index contributed by atoms with van der Waals surface area (Å²) in [6.45, 7) is 1.60. The van der Waals surface area contributed by atoms with E-state index in [4.69, 9.17) is 15.2 Å². The second kappa shape index (κ2) is 9.52. The zero-order valence-corrected chi connectivity index (χ0v) is 16.8. The molecule has 27 heavy (non-hydrogen) atoms. The molecule has 8 heteroatoms. The van der Waals surface area contributed by atoms with E-state index in [9.17, 15) is 8.42 Å². The minimum atomic E-state index is -3.58. The third kappa shape index (κ3) is 5.00. The van der Waals surface area contributed by atoms with Crippen molar-refractivity contribution in [2.45, 2.75) is 16.9 Å². The molecule has 148 valence electrons. The molecular formula is C19H25ClN2O4S. The topological polar surface area (TPSA) is 81.9 Å². The van der Waals surface area contributed by atoms with Crippen molar-refractivity contribution < 1.29 is 17.9 Å². The average Bonchev–Trinajstić information content (AvgIpc) is 3.06. The van der Waals surface area contributed by atoms with E-state index < -0.39 is 10.0 Å². The molecular weight excluding hydrogens is 388 g/mol. The van der Waals surface area contributed by atoms with Crippen LogP contribution in [0.1, 0.15) is 11.5 Å². The Kier molecular flexibility index (Phi) is 7.64. The molecule has 2 atom stereocenters. The van der Waals surface area contributed by atoms with Crippen LogP contribution in [-0.4, -0.2) is 52.2 Å². The molecule has 2 aromatic rings. The number of hydrogen-bond donors (Lipinski definition) is 1. The Morgan fingerprint density at radius 1 is 1.04 bits per heavy atom. The van der Waals surface area contributed by atoms with Crippen molar-refractivity contribution in [1.29, 1.82) is 0 Å². The maximum absolute atomic E-state index is 12.9. The van der Waals surface area contributed by atoms with E-state index in [0.29, 0.717) is 32.1 Å². The molecule has 0 bridgehead atoms. The molecule has 0 aliphatic carbocycles. The summed E-state index contributed by atoms with van der Waals surface area (Å²) in [7, 11) is -1.98. The van der Waals surface area contributed by atoms with Gasteiger partial charge < -0.3 is 15.2 Å². The lowest BCUT2D eigenvalue weighted by Crippen LogP contribution is -2.32. The van der Waals surface area contributed by atoms with E-state index in [-0.39, 0.29) is 29.3 Å². The Labute approximate surface area is 166 Å². The Morgan fingerprint density at radius 2 is 1.70 bits per heavy atom. The van der Waals surface area contributed by atoms with Crippen LogP contribution < -0.4 is 10.5 Å². The minimum Gasteiger partial charge on any atom is -0.491 e. The van der Waals surface area contributed by atoms with Crippen LogP contribution in [-0.2, 0) is 14.8 Å². The predicted octanol–water partition coefficient (Wildman–Crippen LogP) is 2.25. The van der Waals surface area contributed by atoms with E-state index >= 15 is 0 Å². The van der Waals surface area contributed by atoms with Crippen LogP contribution in [0.4, 0.5) is 0 Å². The van der Waals surface area contributed by atoms with Crippen molar-refractivity contribution in [2.24, 2.45) is 5.73 Å². The van der Waals surface area contributed by atoms with Crippen LogP contribution >= 0.6 is 12.4 Å². The zero-order chi connectivity index (χ0) is 18.6. The highest BCUT2D eigenvalue weighted by Gasteiger charge is 2.38. The monoisotopic (exact) mass is 412 g/mol. The van der Waals surface area contributed by atoms with E-state index in [1.165, 1.54) is 4.31 Å². The lowest BCUT2D eigenvalue weighted by atomic mass is 9.95. The lowest BCUT2D eigenvalue weighted by Gasteiger charge is -2.17. The number of hydrogen-bond acceptors (Lipinski definition) is 5. The van der Waals surface area contributed by atoms with Crippen LogP contribution in [0.15, 0.2) is 59.5 Å². The van der Waals surface area contributed by atoms with Crippen LogP contribution in [0.5, 0.6) is 5.75 Å². The van der Waals surface area contributed by atoms with Gasteiger partial charge in [-0.15, -0.1) is 12.4 Å². The Hall–Kier alpha value is -1.64. The number of halogens is 1. The molecule has 6 nitrogen and oxygen atoms in total. The van der Waals surface area contributed by atoms with Gasteiger partial charge in [-0.1, -0.05) is 30.3 Å².